The Hall–Kier alpha value is -1.62. The van der Waals surface area contributed by atoms with Gasteiger partial charge in [0.05, 0.1) is 6.61 Å². The fourth-order valence-corrected chi connectivity index (χ4v) is 1.04. The van der Waals surface area contributed by atoms with Gasteiger partial charge in [0, 0.05) is 12.2 Å². The van der Waals surface area contributed by atoms with Crippen LogP contribution in [0.15, 0.2) is 24.3 Å². The Morgan fingerprint density at radius 1 is 1.12 bits per heavy atom. The highest BCUT2D eigenvalue weighted by Crippen LogP contribution is 2.05. The van der Waals surface area contributed by atoms with E-state index in [-0.39, 0.29) is 0 Å². The van der Waals surface area contributed by atoms with Gasteiger partial charge in [-0.15, -0.1) is 0 Å². The number of carbonyl (C=O) groups is 2. The quantitative estimate of drug-likeness (QED) is 0.555. The molecule has 0 saturated heterocycles. The van der Waals surface area contributed by atoms with Crippen LogP contribution in [-0.2, 0) is 19.1 Å². The number of aliphatic hydroxyl groups is 1. The molecule has 96 valence electrons. The number of ether oxygens (including phenoxy) is 2. The van der Waals surface area contributed by atoms with Crippen LogP contribution < -0.4 is 0 Å². The molecule has 0 fully saturated rings. The number of allylic oxidation sites excluding steroid dienone is 2. The molecule has 5 heteroatoms. The van der Waals surface area contributed by atoms with E-state index >= 15 is 0 Å². The normalized spacial score (nSPS) is 14.8. The van der Waals surface area contributed by atoms with Crippen LogP contribution in [0.3, 0.4) is 0 Å². The van der Waals surface area contributed by atoms with Gasteiger partial charge < -0.3 is 14.6 Å². The molecule has 0 aromatic heterocycles. The first-order chi connectivity index (χ1) is 8.04. The average molecular weight is 242 g/mol. The fourth-order valence-electron chi connectivity index (χ4n) is 1.04. The van der Waals surface area contributed by atoms with E-state index in [1.54, 1.807) is 20.8 Å². The molecule has 17 heavy (non-hydrogen) atoms. The lowest BCUT2D eigenvalue weighted by atomic mass is 10.2. The Labute approximate surface area is 101 Å². The van der Waals surface area contributed by atoms with Gasteiger partial charge in [-0.1, -0.05) is 12.2 Å². The van der Waals surface area contributed by atoms with Gasteiger partial charge in [0.15, 0.2) is 6.10 Å². The van der Waals surface area contributed by atoms with Crippen molar-refractivity contribution in [3.05, 3.63) is 24.3 Å². The van der Waals surface area contributed by atoms with Crippen molar-refractivity contribution in [2.24, 2.45) is 0 Å². The summed E-state index contributed by atoms with van der Waals surface area (Å²) >= 11 is 0. The van der Waals surface area contributed by atoms with E-state index in [2.05, 4.69) is 0 Å². The van der Waals surface area contributed by atoms with Crippen molar-refractivity contribution in [3.8, 4) is 0 Å². The number of carbonyl (C=O) groups excluding carboxylic acids is 2. The minimum absolute atomic E-state index is 0.409. The van der Waals surface area contributed by atoms with Crippen LogP contribution in [0.1, 0.15) is 20.8 Å². The second-order valence-electron chi connectivity index (χ2n) is 3.30. The van der Waals surface area contributed by atoms with Crippen LogP contribution >= 0.6 is 0 Å². The van der Waals surface area contributed by atoms with Gasteiger partial charge in [0.1, 0.15) is 6.10 Å². The fraction of sp³-hybridized carbons (Fsp3) is 0.500. The lowest BCUT2D eigenvalue weighted by Crippen LogP contribution is -2.35. The predicted molar refractivity (Wildman–Crippen MR) is 62.1 cm³/mol. The largest absolute Gasteiger partial charge is 0.455 e. The van der Waals surface area contributed by atoms with Gasteiger partial charge in [-0.25, -0.2) is 9.59 Å². The Kier molecular flexibility index (Phi) is 7.71. The summed E-state index contributed by atoms with van der Waals surface area (Å²) in [5, 5.41) is 9.05. The summed E-state index contributed by atoms with van der Waals surface area (Å²) in [7, 11) is 0. The Bertz CT molecular complexity index is 306. The van der Waals surface area contributed by atoms with E-state index in [0.29, 0.717) is 0 Å². The first-order valence-corrected chi connectivity index (χ1v) is 5.32. The van der Waals surface area contributed by atoms with E-state index in [4.69, 9.17) is 14.6 Å². The molecular weight excluding hydrogens is 224 g/mol. The third-order valence-electron chi connectivity index (χ3n) is 1.88. The van der Waals surface area contributed by atoms with Gasteiger partial charge in [-0.3, -0.25) is 0 Å². The third-order valence-corrected chi connectivity index (χ3v) is 1.88. The minimum Gasteiger partial charge on any atom is -0.455 e. The molecule has 0 spiro atoms. The van der Waals surface area contributed by atoms with Crippen molar-refractivity contribution in [3.63, 3.8) is 0 Å². The maximum Gasteiger partial charge on any atom is 0.330 e. The summed E-state index contributed by atoms with van der Waals surface area (Å²) in [6.07, 6.45) is 3.95. The minimum atomic E-state index is -0.868. The highest BCUT2D eigenvalue weighted by atomic mass is 16.6. The predicted octanol–water partition coefficient (Wildman–Crippen LogP) is 0.974. The second kappa shape index (κ2) is 8.52. The molecule has 0 saturated carbocycles. The van der Waals surface area contributed by atoms with Gasteiger partial charge in [0.25, 0.3) is 0 Å². The lowest BCUT2D eigenvalue weighted by Gasteiger charge is -2.21. The molecule has 0 aliphatic heterocycles. The zero-order chi connectivity index (χ0) is 13.3. The van der Waals surface area contributed by atoms with Crippen molar-refractivity contribution >= 4 is 11.9 Å². The Balaban J connectivity index is 4.34. The third kappa shape index (κ3) is 6.52. The van der Waals surface area contributed by atoms with Crippen molar-refractivity contribution in [1.29, 1.82) is 0 Å². The van der Waals surface area contributed by atoms with Crippen LogP contribution in [0.4, 0.5) is 0 Å². The topological polar surface area (TPSA) is 72.8 Å². The van der Waals surface area contributed by atoms with Crippen LogP contribution in [0, 0.1) is 0 Å². The first kappa shape index (κ1) is 15.4. The second-order valence-corrected chi connectivity index (χ2v) is 3.30. The molecule has 0 aliphatic rings. The van der Waals surface area contributed by atoms with E-state index in [9.17, 15) is 9.59 Å². The number of hydrogen-bond donors (Lipinski definition) is 1. The van der Waals surface area contributed by atoms with Crippen LogP contribution in [0.25, 0.3) is 0 Å². The molecule has 1 N–H and O–H groups in total. The number of rotatable bonds is 6. The molecule has 0 bridgehead atoms. The molecule has 0 rings (SSSR count). The maximum atomic E-state index is 11.2. The highest BCUT2D eigenvalue weighted by molar-refractivity contribution is 5.82. The van der Waals surface area contributed by atoms with E-state index < -0.39 is 30.8 Å². The van der Waals surface area contributed by atoms with Crippen LogP contribution in [0.2, 0.25) is 0 Å². The summed E-state index contributed by atoms with van der Waals surface area (Å²) in [5.74, 6) is -1.12. The number of aliphatic hydroxyl groups excluding tert-OH is 1. The molecule has 2 unspecified atom stereocenters. The Morgan fingerprint density at radius 3 is 2.00 bits per heavy atom. The molecule has 5 nitrogen and oxygen atoms in total. The average Bonchev–Trinajstić information content (AvgIpc) is 2.26. The summed E-state index contributed by atoms with van der Waals surface area (Å²) in [4.78, 5) is 22.3. The first-order valence-electron chi connectivity index (χ1n) is 5.32. The molecule has 0 amide bonds. The van der Waals surface area contributed by atoms with Crippen molar-refractivity contribution < 1.29 is 24.2 Å². The zero-order valence-corrected chi connectivity index (χ0v) is 10.3. The molecule has 0 aromatic carbocycles. The Morgan fingerprint density at radius 2 is 1.59 bits per heavy atom. The van der Waals surface area contributed by atoms with Crippen LogP contribution in [-0.4, -0.2) is 35.9 Å². The van der Waals surface area contributed by atoms with Gasteiger partial charge >= 0.3 is 11.9 Å². The van der Waals surface area contributed by atoms with E-state index in [1.807, 2.05) is 0 Å². The maximum absolute atomic E-state index is 11.2. The van der Waals surface area contributed by atoms with Crippen molar-refractivity contribution in [1.82, 2.24) is 0 Å². The molecule has 2 atom stereocenters. The van der Waals surface area contributed by atoms with Crippen molar-refractivity contribution in [2.75, 3.05) is 6.61 Å². The molecular formula is C12H18O5. The molecule has 0 radical (unpaired) electrons. The van der Waals surface area contributed by atoms with Crippen molar-refractivity contribution in [2.45, 2.75) is 33.0 Å². The summed E-state index contributed by atoms with van der Waals surface area (Å²) in [5.41, 5.74) is 0. The molecule has 0 heterocycles. The van der Waals surface area contributed by atoms with Gasteiger partial charge in [-0.05, 0) is 20.8 Å². The van der Waals surface area contributed by atoms with E-state index in [1.165, 1.54) is 24.3 Å². The summed E-state index contributed by atoms with van der Waals surface area (Å²) < 4.78 is 9.84. The van der Waals surface area contributed by atoms with Crippen LogP contribution in [0.5, 0.6) is 0 Å². The van der Waals surface area contributed by atoms with Gasteiger partial charge in [0.2, 0.25) is 0 Å². The summed E-state index contributed by atoms with van der Waals surface area (Å²) in [6, 6.07) is 0. The van der Waals surface area contributed by atoms with Gasteiger partial charge in [-0.2, -0.15) is 0 Å². The lowest BCUT2D eigenvalue weighted by molar-refractivity contribution is -0.163. The smallest absolute Gasteiger partial charge is 0.330 e. The summed E-state index contributed by atoms with van der Waals surface area (Å²) in [6.45, 7) is 4.49. The number of hydrogen-bond acceptors (Lipinski definition) is 5. The monoisotopic (exact) mass is 242 g/mol. The SMILES string of the molecule is C/C=C\C(=O)OC(C)C(CO)OC(=O)/C=C\C. The zero-order valence-electron chi connectivity index (χ0n) is 10.3. The number of esters is 2. The molecule has 0 aliphatic carbocycles. The highest BCUT2D eigenvalue weighted by Gasteiger charge is 2.22. The standard InChI is InChI=1S/C12H18O5/c1-4-6-11(14)16-9(3)10(8-13)17-12(15)7-5-2/h4-7,9-10,13H,8H2,1-3H3/b6-4-,7-5-. The molecule has 0 aromatic rings. The van der Waals surface area contributed by atoms with E-state index in [0.717, 1.165) is 0 Å².